The number of aromatic nitrogens is 1. The van der Waals surface area contributed by atoms with E-state index in [2.05, 4.69) is 6.58 Å². The molecule has 0 unspecified atom stereocenters. The Kier molecular flexibility index (Phi) is 5.05. The predicted octanol–water partition coefficient (Wildman–Crippen LogP) is 3.71. The topological polar surface area (TPSA) is 74.6 Å². The number of rotatable bonds is 6. The lowest BCUT2D eigenvalue weighted by Crippen LogP contribution is -2.19. The lowest BCUT2D eigenvalue weighted by Gasteiger charge is -2.12. The summed E-state index contributed by atoms with van der Waals surface area (Å²) < 4.78 is 38.0. The lowest BCUT2D eigenvalue weighted by atomic mass is 10.1. The van der Waals surface area contributed by atoms with Gasteiger partial charge in [0.1, 0.15) is 11.4 Å². The van der Waals surface area contributed by atoms with Crippen LogP contribution in [-0.4, -0.2) is 32.1 Å². The van der Waals surface area contributed by atoms with Crippen LogP contribution in [-0.2, 0) is 14.8 Å². The van der Waals surface area contributed by atoms with Crippen molar-refractivity contribution < 1.29 is 22.7 Å². The van der Waals surface area contributed by atoms with Gasteiger partial charge in [-0.2, -0.15) is 0 Å². The average molecular weight is 385 g/mol. The Hall–Kier alpha value is -3.06. The number of benzene rings is 2. The van der Waals surface area contributed by atoms with E-state index < -0.39 is 16.0 Å². The van der Waals surface area contributed by atoms with Gasteiger partial charge >= 0.3 is 5.97 Å². The summed E-state index contributed by atoms with van der Waals surface area (Å²) in [5, 5.41) is 0.534. The summed E-state index contributed by atoms with van der Waals surface area (Å²) in [5.41, 5.74) is 0.868. The van der Waals surface area contributed by atoms with Crippen LogP contribution < -0.4 is 4.74 Å². The zero-order valence-corrected chi connectivity index (χ0v) is 15.8. The number of hydrogen-bond acceptors (Lipinski definition) is 5. The van der Waals surface area contributed by atoms with Gasteiger partial charge in [-0.1, -0.05) is 30.9 Å². The Bertz CT molecular complexity index is 1110. The van der Waals surface area contributed by atoms with E-state index in [0.29, 0.717) is 22.2 Å². The molecule has 0 spiro atoms. The minimum atomic E-state index is -4.02. The summed E-state index contributed by atoms with van der Waals surface area (Å²) >= 11 is 0. The highest BCUT2D eigenvalue weighted by Crippen LogP contribution is 2.34. The second-order valence-corrected chi connectivity index (χ2v) is 7.44. The molecule has 3 aromatic rings. The van der Waals surface area contributed by atoms with Crippen molar-refractivity contribution in [1.29, 1.82) is 0 Å². The highest BCUT2D eigenvalue weighted by Gasteiger charge is 2.28. The second-order valence-electron chi connectivity index (χ2n) is 5.65. The van der Waals surface area contributed by atoms with Crippen LogP contribution in [0, 0.1) is 0 Å². The maximum Gasteiger partial charge on any atom is 0.356 e. The van der Waals surface area contributed by atoms with Gasteiger partial charge in [0, 0.05) is 10.9 Å². The fourth-order valence-corrected chi connectivity index (χ4v) is 4.47. The highest BCUT2D eigenvalue weighted by atomic mass is 32.2. The van der Waals surface area contributed by atoms with Crippen molar-refractivity contribution in [3.05, 3.63) is 66.4 Å². The molecule has 0 aliphatic rings. The first-order valence-electron chi connectivity index (χ1n) is 8.28. The van der Waals surface area contributed by atoms with Crippen molar-refractivity contribution in [2.45, 2.75) is 11.8 Å². The first kappa shape index (κ1) is 18.7. The van der Waals surface area contributed by atoms with Gasteiger partial charge in [-0.25, -0.2) is 17.2 Å². The third kappa shape index (κ3) is 3.10. The molecule has 3 rings (SSSR count). The van der Waals surface area contributed by atoms with Gasteiger partial charge in [-0.15, -0.1) is 0 Å². The van der Waals surface area contributed by atoms with Gasteiger partial charge in [0.15, 0.2) is 0 Å². The Balaban J connectivity index is 2.41. The van der Waals surface area contributed by atoms with Gasteiger partial charge in [0.2, 0.25) is 0 Å². The number of fused-ring (bicyclic) bond motifs is 1. The van der Waals surface area contributed by atoms with Crippen LogP contribution in [0.15, 0.2) is 60.0 Å². The van der Waals surface area contributed by atoms with E-state index in [4.69, 9.17) is 9.47 Å². The van der Waals surface area contributed by atoms with E-state index in [9.17, 15) is 13.2 Å². The molecular weight excluding hydrogens is 366 g/mol. The van der Waals surface area contributed by atoms with E-state index in [0.717, 1.165) is 3.97 Å². The first-order valence-corrected chi connectivity index (χ1v) is 9.72. The summed E-state index contributed by atoms with van der Waals surface area (Å²) in [5.74, 6) is -0.190. The summed E-state index contributed by atoms with van der Waals surface area (Å²) in [6, 6.07) is 12.7. The molecule has 0 N–H and O–H groups in total. The van der Waals surface area contributed by atoms with Crippen molar-refractivity contribution in [3.63, 3.8) is 0 Å². The summed E-state index contributed by atoms with van der Waals surface area (Å²) in [6.45, 7) is 5.57. The molecule has 140 valence electrons. The zero-order chi connectivity index (χ0) is 19.6. The zero-order valence-electron chi connectivity index (χ0n) is 15.0. The van der Waals surface area contributed by atoms with Gasteiger partial charge in [0.25, 0.3) is 10.0 Å². The van der Waals surface area contributed by atoms with Crippen molar-refractivity contribution in [3.8, 4) is 5.75 Å². The summed E-state index contributed by atoms with van der Waals surface area (Å²) in [6.07, 6.45) is 1.57. The monoisotopic (exact) mass is 385 g/mol. The standard InChI is InChI=1S/C20H19NO5S/c1-4-15-16-13-18(20(22)26-5-2)21(17(16)11-12-19(15)25-3)27(23,24)14-9-7-6-8-10-14/h4,6-13H,1,5H2,2-3H3. The molecule has 7 heteroatoms. The van der Waals surface area contributed by atoms with Crippen LogP contribution in [0.4, 0.5) is 0 Å². The molecule has 0 saturated heterocycles. The van der Waals surface area contributed by atoms with Crippen LogP contribution in [0.2, 0.25) is 0 Å². The smallest absolute Gasteiger partial charge is 0.356 e. The number of methoxy groups -OCH3 is 1. The van der Waals surface area contributed by atoms with Crippen molar-refractivity contribution in [2.75, 3.05) is 13.7 Å². The number of ether oxygens (including phenoxy) is 2. The molecule has 0 radical (unpaired) electrons. The fraction of sp³-hybridized carbons (Fsp3) is 0.150. The largest absolute Gasteiger partial charge is 0.496 e. The number of nitrogens with zero attached hydrogens (tertiary/aromatic N) is 1. The van der Waals surface area contributed by atoms with Gasteiger partial charge in [-0.05, 0) is 37.3 Å². The van der Waals surface area contributed by atoms with E-state index in [-0.39, 0.29) is 17.2 Å². The Morgan fingerprint density at radius 2 is 1.89 bits per heavy atom. The van der Waals surface area contributed by atoms with Crippen LogP contribution >= 0.6 is 0 Å². The van der Waals surface area contributed by atoms with Crippen molar-refractivity contribution in [1.82, 2.24) is 3.97 Å². The number of carbonyl (C=O) groups excluding carboxylic acids is 1. The van der Waals surface area contributed by atoms with Gasteiger partial charge in [0.05, 0.1) is 24.1 Å². The third-order valence-electron chi connectivity index (χ3n) is 4.13. The number of carbonyl (C=O) groups is 1. The number of hydrogen-bond donors (Lipinski definition) is 0. The second kappa shape index (κ2) is 7.28. The molecular formula is C20H19NO5S. The van der Waals surface area contributed by atoms with Crippen molar-refractivity contribution in [2.24, 2.45) is 0 Å². The van der Waals surface area contributed by atoms with E-state index in [1.807, 2.05) is 0 Å². The molecule has 0 atom stereocenters. The molecule has 1 heterocycles. The van der Waals surface area contributed by atoms with Gasteiger partial charge < -0.3 is 9.47 Å². The molecule has 1 aromatic heterocycles. The minimum Gasteiger partial charge on any atom is -0.496 e. The highest BCUT2D eigenvalue weighted by molar-refractivity contribution is 7.90. The molecule has 0 saturated carbocycles. The maximum absolute atomic E-state index is 13.3. The van der Waals surface area contributed by atoms with Crippen LogP contribution in [0.3, 0.4) is 0 Å². The van der Waals surface area contributed by atoms with Crippen LogP contribution in [0.1, 0.15) is 23.0 Å². The normalized spacial score (nSPS) is 11.3. The molecule has 0 aliphatic heterocycles. The molecule has 0 amide bonds. The predicted molar refractivity (Wildman–Crippen MR) is 104 cm³/mol. The molecule has 27 heavy (non-hydrogen) atoms. The molecule has 6 nitrogen and oxygen atoms in total. The van der Waals surface area contributed by atoms with Crippen molar-refractivity contribution >= 4 is 33.0 Å². The quantitative estimate of drug-likeness (QED) is 0.605. The molecule has 2 aromatic carbocycles. The molecule has 0 bridgehead atoms. The fourth-order valence-electron chi connectivity index (χ4n) is 2.95. The molecule has 0 fully saturated rings. The minimum absolute atomic E-state index is 0.0732. The Morgan fingerprint density at radius 3 is 2.48 bits per heavy atom. The summed E-state index contributed by atoms with van der Waals surface area (Å²) in [4.78, 5) is 12.6. The van der Waals surface area contributed by atoms with Crippen LogP contribution in [0.25, 0.3) is 17.0 Å². The summed E-state index contributed by atoms with van der Waals surface area (Å²) in [7, 11) is -2.51. The first-order chi connectivity index (χ1) is 13.0. The SMILES string of the molecule is C=Cc1c(OC)ccc2c1cc(C(=O)OCC)n2S(=O)(=O)c1ccccc1. The molecule has 0 aliphatic carbocycles. The lowest BCUT2D eigenvalue weighted by molar-refractivity contribution is 0.0518. The van der Waals surface area contributed by atoms with Crippen LogP contribution in [0.5, 0.6) is 5.75 Å². The maximum atomic E-state index is 13.3. The van der Waals surface area contributed by atoms with E-state index >= 15 is 0 Å². The van der Waals surface area contributed by atoms with Gasteiger partial charge in [-0.3, -0.25) is 0 Å². The third-order valence-corrected chi connectivity index (χ3v) is 5.87. The van der Waals surface area contributed by atoms with E-state index in [1.165, 1.54) is 25.3 Å². The number of esters is 1. The average Bonchev–Trinajstić information content (AvgIpc) is 3.08. The Morgan fingerprint density at radius 1 is 1.19 bits per heavy atom. The van der Waals surface area contributed by atoms with E-state index in [1.54, 1.807) is 43.3 Å². The Labute approximate surface area is 157 Å².